The fourth-order valence-corrected chi connectivity index (χ4v) is 1.48. The highest BCUT2D eigenvalue weighted by Crippen LogP contribution is 2.12. The van der Waals surface area contributed by atoms with Gasteiger partial charge in [0.25, 0.3) is 0 Å². The molecule has 1 N–H and O–H groups in total. The summed E-state index contributed by atoms with van der Waals surface area (Å²) in [6.07, 6.45) is 8.20. The van der Waals surface area contributed by atoms with Crippen molar-refractivity contribution in [3.05, 3.63) is 0 Å². The monoisotopic (exact) mass is 186 g/mol. The molecule has 1 nitrogen and oxygen atoms in total. The van der Waals surface area contributed by atoms with E-state index in [0.29, 0.717) is 0 Å². The van der Waals surface area contributed by atoms with Gasteiger partial charge in [-0.15, -0.1) is 0 Å². The van der Waals surface area contributed by atoms with Gasteiger partial charge in [0.15, 0.2) is 0 Å². The van der Waals surface area contributed by atoms with Crippen LogP contribution >= 0.6 is 0 Å². The van der Waals surface area contributed by atoms with Crippen LogP contribution in [0.15, 0.2) is 0 Å². The molecule has 0 rings (SSSR count). The summed E-state index contributed by atoms with van der Waals surface area (Å²) in [4.78, 5) is 0. The van der Waals surface area contributed by atoms with E-state index in [1.54, 1.807) is 0 Å². The number of aliphatic hydroxyl groups is 1. The molecule has 0 spiro atoms. The summed E-state index contributed by atoms with van der Waals surface area (Å²) >= 11 is 0. The fraction of sp³-hybridized carbons (Fsp3) is 1.00. The first kappa shape index (κ1) is 13.0. The van der Waals surface area contributed by atoms with Crippen LogP contribution < -0.4 is 0 Å². The third-order valence-corrected chi connectivity index (χ3v) is 2.47. The normalized spacial score (nSPS) is 13.6. The first-order chi connectivity index (χ1) is 6.16. The zero-order valence-corrected chi connectivity index (χ0v) is 9.55. The number of hydrogen-bond donors (Lipinski definition) is 1. The topological polar surface area (TPSA) is 20.2 Å². The van der Waals surface area contributed by atoms with Gasteiger partial charge in [0.1, 0.15) is 0 Å². The fourth-order valence-electron chi connectivity index (χ4n) is 1.48. The van der Waals surface area contributed by atoms with Gasteiger partial charge in [0.05, 0.1) is 6.10 Å². The molecule has 0 aromatic heterocycles. The lowest BCUT2D eigenvalue weighted by Crippen LogP contribution is -2.07. The summed E-state index contributed by atoms with van der Waals surface area (Å²) in [6, 6.07) is 0. The van der Waals surface area contributed by atoms with Crippen molar-refractivity contribution in [1.82, 2.24) is 0 Å². The van der Waals surface area contributed by atoms with E-state index in [2.05, 4.69) is 20.8 Å². The van der Waals surface area contributed by atoms with Crippen LogP contribution in [0.4, 0.5) is 0 Å². The molecule has 0 aliphatic carbocycles. The minimum absolute atomic E-state index is 0.0424. The molecule has 0 heterocycles. The largest absolute Gasteiger partial charge is 0.393 e. The summed E-state index contributed by atoms with van der Waals surface area (Å²) in [5.41, 5.74) is 0. The Bertz CT molecular complexity index is 99.3. The maximum absolute atomic E-state index is 9.60. The molecule has 0 saturated carbocycles. The molecule has 1 unspecified atom stereocenters. The van der Waals surface area contributed by atoms with E-state index in [4.69, 9.17) is 0 Å². The first-order valence-electron chi connectivity index (χ1n) is 5.84. The quantitative estimate of drug-likeness (QED) is 0.572. The Kier molecular flexibility index (Phi) is 8.53. The van der Waals surface area contributed by atoms with E-state index >= 15 is 0 Å². The molecular weight excluding hydrogens is 160 g/mol. The molecule has 80 valence electrons. The molecule has 0 fully saturated rings. The molecular formula is C12H26O. The zero-order valence-electron chi connectivity index (χ0n) is 9.55. The van der Waals surface area contributed by atoms with Crippen molar-refractivity contribution in [2.75, 3.05) is 0 Å². The Hall–Kier alpha value is -0.0400. The van der Waals surface area contributed by atoms with Gasteiger partial charge in [-0.05, 0) is 25.2 Å². The van der Waals surface area contributed by atoms with Crippen LogP contribution in [-0.2, 0) is 0 Å². The van der Waals surface area contributed by atoms with Gasteiger partial charge >= 0.3 is 0 Å². The Morgan fingerprint density at radius 1 is 0.923 bits per heavy atom. The van der Waals surface area contributed by atoms with Crippen LogP contribution in [0, 0.1) is 5.92 Å². The second-order valence-corrected chi connectivity index (χ2v) is 4.47. The van der Waals surface area contributed by atoms with Crippen LogP contribution in [0.1, 0.15) is 65.7 Å². The van der Waals surface area contributed by atoms with E-state index in [0.717, 1.165) is 25.2 Å². The highest BCUT2D eigenvalue weighted by molar-refractivity contribution is 4.57. The Balaban J connectivity index is 3.15. The van der Waals surface area contributed by atoms with Crippen molar-refractivity contribution in [1.29, 1.82) is 0 Å². The van der Waals surface area contributed by atoms with Gasteiger partial charge in [0, 0.05) is 0 Å². The van der Waals surface area contributed by atoms with Gasteiger partial charge in [-0.2, -0.15) is 0 Å². The van der Waals surface area contributed by atoms with Crippen LogP contribution in [0.3, 0.4) is 0 Å². The number of unbranched alkanes of at least 4 members (excludes halogenated alkanes) is 3. The highest BCUT2D eigenvalue weighted by Gasteiger charge is 2.04. The lowest BCUT2D eigenvalue weighted by atomic mass is 10.0. The second-order valence-electron chi connectivity index (χ2n) is 4.47. The Labute approximate surface area is 83.5 Å². The van der Waals surface area contributed by atoms with E-state index in [1.165, 1.54) is 25.7 Å². The van der Waals surface area contributed by atoms with E-state index in [9.17, 15) is 5.11 Å². The molecule has 1 atom stereocenters. The molecule has 0 aromatic rings. The predicted octanol–water partition coefficient (Wildman–Crippen LogP) is 3.75. The summed E-state index contributed by atoms with van der Waals surface area (Å²) in [7, 11) is 0. The summed E-state index contributed by atoms with van der Waals surface area (Å²) < 4.78 is 0. The summed E-state index contributed by atoms with van der Waals surface area (Å²) in [5, 5.41) is 9.60. The zero-order chi connectivity index (χ0) is 10.1. The molecule has 13 heavy (non-hydrogen) atoms. The van der Waals surface area contributed by atoms with Crippen molar-refractivity contribution >= 4 is 0 Å². The molecule has 0 aliphatic heterocycles. The molecule has 1 heteroatoms. The SMILES string of the molecule is CCCCCCC(O)CCC(C)C. The second kappa shape index (κ2) is 8.55. The molecule has 0 amide bonds. The number of hydrogen-bond acceptors (Lipinski definition) is 1. The maximum Gasteiger partial charge on any atom is 0.0540 e. The van der Waals surface area contributed by atoms with Crippen molar-refractivity contribution in [2.24, 2.45) is 5.92 Å². The van der Waals surface area contributed by atoms with Gasteiger partial charge in [0.2, 0.25) is 0 Å². The molecule has 0 saturated heterocycles. The third-order valence-electron chi connectivity index (χ3n) is 2.47. The van der Waals surface area contributed by atoms with Gasteiger partial charge in [-0.1, -0.05) is 46.5 Å². The minimum atomic E-state index is -0.0424. The minimum Gasteiger partial charge on any atom is -0.393 e. The van der Waals surface area contributed by atoms with Crippen molar-refractivity contribution in [3.63, 3.8) is 0 Å². The van der Waals surface area contributed by atoms with E-state index in [1.807, 2.05) is 0 Å². The van der Waals surface area contributed by atoms with Crippen molar-refractivity contribution in [2.45, 2.75) is 71.8 Å². The standard InChI is InChI=1S/C12H26O/c1-4-5-6-7-8-12(13)10-9-11(2)3/h11-13H,4-10H2,1-3H3. The van der Waals surface area contributed by atoms with Crippen LogP contribution in [0.5, 0.6) is 0 Å². The van der Waals surface area contributed by atoms with Crippen LogP contribution in [0.2, 0.25) is 0 Å². The van der Waals surface area contributed by atoms with Gasteiger partial charge < -0.3 is 5.11 Å². The smallest absolute Gasteiger partial charge is 0.0540 e. The van der Waals surface area contributed by atoms with Gasteiger partial charge in [-0.25, -0.2) is 0 Å². The van der Waals surface area contributed by atoms with Gasteiger partial charge in [-0.3, -0.25) is 0 Å². The number of aliphatic hydroxyl groups excluding tert-OH is 1. The molecule has 0 aromatic carbocycles. The molecule has 0 aliphatic rings. The summed E-state index contributed by atoms with van der Waals surface area (Å²) in [6.45, 7) is 6.64. The average Bonchev–Trinajstić information content (AvgIpc) is 2.09. The van der Waals surface area contributed by atoms with Crippen LogP contribution in [-0.4, -0.2) is 11.2 Å². The average molecular weight is 186 g/mol. The maximum atomic E-state index is 9.60. The van der Waals surface area contributed by atoms with Crippen LogP contribution in [0.25, 0.3) is 0 Å². The van der Waals surface area contributed by atoms with Crippen molar-refractivity contribution < 1.29 is 5.11 Å². The molecule has 0 bridgehead atoms. The number of rotatable bonds is 8. The predicted molar refractivity (Wildman–Crippen MR) is 58.8 cm³/mol. The Morgan fingerprint density at radius 2 is 1.62 bits per heavy atom. The van der Waals surface area contributed by atoms with Crippen molar-refractivity contribution in [3.8, 4) is 0 Å². The summed E-state index contributed by atoms with van der Waals surface area (Å²) in [5.74, 6) is 0.727. The van der Waals surface area contributed by atoms with E-state index in [-0.39, 0.29) is 6.10 Å². The van der Waals surface area contributed by atoms with E-state index < -0.39 is 0 Å². The first-order valence-corrected chi connectivity index (χ1v) is 5.84. The lowest BCUT2D eigenvalue weighted by Gasteiger charge is -2.11. The third kappa shape index (κ3) is 9.88. The lowest BCUT2D eigenvalue weighted by molar-refractivity contribution is 0.143. The molecule has 0 radical (unpaired) electrons. The Morgan fingerprint density at radius 3 is 2.15 bits per heavy atom. The highest BCUT2D eigenvalue weighted by atomic mass is 16.3.